The van der Waals surface area contributed by atoms with Gasteiger partial charge in [-0.2, -0.15) is 0 Å². The van der Waals surface area contributed by atoms with E-state index in [2.05, 4.69) is 4.98 Å². The summed E-state index contributed by atoms with van der Waals surface area (Å²) in [5, 5.41) is 0. The van der Waals surface area contributed by atoms with Crippen molar-refractivity contribution < 1.29 is 13.2 Å². The fraction of sp³-hybridized carbons (Fsp3) is 0.286. The van der Waals surface area contributed by atoms with Crippen LogP contribution in [0.4, 0.5) is 18.9 Å². The van der Waals surface area contributed by atoms with Crippen LogP contribution in [-0.2, 0) is 6.54 Å². The van der Waals surface area contributed by atoms with Crippen molar-refractivity contribution >= 4 is 5.69 Å². The van der Waals surface area contributed by atoms with Gasteiger partial charge in [0.2, 0.25) is 0 Å². The second-order valence-electron chi connectivity index (χ2n) is 2.39. The molecular weight excluding hydrogens is 183 g/mol. The Labute approximate surface area is 72.6 Å². The van der Waals surface area contributed by atoms with Crippen LogP contribution in [0.1, 0.15) is 17.7 Å². The molecule has 0 aliphatic heterocycles. The fourth-order valence-corrected chi connectivity index (χ4v) is 0.920. The molecule has 0 aliphatic rings. The number of halogens is 3. The maximum Gasteiger partial charge on any atom is 0.268 e. The van der Waals surface area contributed by atoms with Crippen LogP contribution >= 0.6 is 0 Å². The summed E-state index contributed by atoms with van der Waals surface area (Å²) in [7, 11) is 0. The molecule has 0 atom stereocenters. The summed E-state index contributed by atoms with van der Waals surface area (Å²) in [4.78, 5) is 3.48. The van der Waals surface area contributed by atoms with E-state index in [0.717, 1.165) is 6.20 Å². The van der Waals surface area contributed by atoms with Crippen molar-refractivity contribution in [2.45, 2.75) is 13.0 Å². The zero-order valence-electron chi connectivity index (χ0n) is 6.60. The van der Waals surface area contributed by atoms with Gasteiger partial charge in [0.05, 0.1) is 23.1 Å². The van der Waals surface area contributed by atoms with Crippen molar-refractivity contribution in [2.24, 2.45) is 5.73 Å². The van der Waals surface area contributed by atoms with Crippen molar-refractivity contribution in [3.63, 3.8) is 0 Å². The van der Waals surface area contributed by atoms with Gasteiger partial charge in [-0.1, -0.05) is 0 Å². The van der Waals surface area contributed by atoms with Gasteiger partial charge in [-0.3, -0.25) is 4.98 Å². The predicted octanol–water partition coefficient (Wildman–Crippen LogP) is 1.20. The summed E-state index contributed by atoms with van der Waals surface area (Å²) in [6, 6.07) is 0. The van der Waals surface area contributed by atoms with Crippen LogP contribution in [0.5, 0.6) is 0 Å². The van der Waals surface area contributed by atoms with E-state index in [1.165, 1.54) is 0 Å². The van der Waals surface area contributed by atoms with Gasteiger partial charge < -0.3 is 11.5 Å². The molecule has 0 aromatic carbocycles. The Kier molecular flexibility index (Phi) is 2.72. The van der Waals surface area contributed by atoms with Gasteiger partial charge in [0.25, 0.3) is 6.43 Å². The van der Waals surface area contributed by atoms with E-state index >= 15 is 0 Å². The molecule has 0 saturated heterocycles. The minimum Gasteiger partial charge on any atom is -0.397 e. The molecule has 0 bridgehead atoms. The predicted molar refractivity (Wildman–Crippen MR) is 41.5 cm³/mol. The lowest BCUT2D eigenvalue weighted by Gasteiger charge is -2.07. The van der Waals surface area contributed by atoms with Gasteiger partial charge in [0.1, 0.15) is 0 Å². The number of nitrogen functional groups attached to an aromatic ring is 1. The number of pyridine rings is 1. The van der Waals surface area contributed by atoms with Gasteiger partial charge in [0, 0.05) is 6.54 Å². The molecule has 1 rings (SSSR count). The van der Waals surface area contributed by atoms with E-state index in [1.807, 2.05) is 0 Å². The average molecular weight is 191 g/mol. The third-order valence-corrected chi connectivity index (χ3v) is 1.57. The SMILES string of the molecule is NCc1ncc(N)c(C(F)F)c1F. The molecule has 1 heterocycles. The zero-order chi connectivity index (χ0) is 10.0. The largest absolute Gasteiger partial charge is 0.397 e. The highest BCUT2D eigenvalue weighted by Crippen LogP contribution is 2.28. The fourth-order valence-electron chi connectivity index (χ4n) is 0.920. The summed E-state index contributed by atoms with van der Waals surface area (Å²) < 4.78 is 37.5. The molecule has 1 aromatic heterocycles. The van der Waals surface area contributed by atoms with Crippen molar-refractivity contribution in [3.05, 3.63) is 23.3 Å². The van der Waals surface area contributed by atoms with Crippen LogP contribution < -0.4 is 11.5 Å². The Balaban J connectivity index is 3.30. The first kappa shape index (κ1) is 9.79. The summed E-state index contributed by atoms with van der Waals surface area (Å²) in [6.07, 6.45) is -1.97. The normalized spacial score (nSPS) is 10.8. The van der Waals surface area contributed by atoms with Crippen molar-refractivity contribution in [3.8, 4) is 0 Å². The molecule has 72 valence electrons. The number of nitrogens with two attached hydrogens (primary N) is 2. The molecule has 13 heavy (non-hydrogen) atoms. The number of aromatic nitrogens is 1. The molecule has 1 aromatic rings. The highest BCUT2D eigenvalue weighted by Gasteiger charge is 2.20. The van der Waals surface area contributed by atoms with Gasteiger partial charge in [0.15, 0.2) is 5.82 Å². The van der Waals surface area contributed by atoms with Crippen molar-refractivity contribution in [1.82, 2.24) is 4.98 Å². The van der Waals surface area contributed by atoms with Crippen LogP contribution in [0.25, 0.3) is 0 Å². The van der Waals surface area contributed by atoms with E-state index in [4.69, 9.17) is 11.5 Å². The molecule has 4 N–H and O–H groups in total. The molecule has 0 unspecified atom stereocenters. The summed E-state index contributed by atoms with van der Waals surface area (Å²) in [5.74, 6) is -1.11. The Morgan fingerprint density at radius 2 is 2.08 bits per heavy atom. The summed E-state index contributed by atoms with van der Waals surface area (Å²) >= 11 is 0. The lowest BCUT2D eigenvalue weighted by atomic mass is 10.2. The van der Waals surface area contributed by atoms with E-state index in [9.17, 15) is 13.2 Å². The number of hydrogen-bond donors (Lipinski definition) is 2. The molecule has 0 amide bonds. The molecule has 0 radical (unpaired) electrons. The molecule has 6 heteroatoms. The van der Waals surface area contributed by atoms with E-state index < -0.39 is 17.8 Å². The first-order valence-corrected chi connectivity index (χ1v) is 3.49. The van der Waals surface area contributed by atoms with Gasteiger partial charge in [-0.25, -0.2) is 13.2 Å². The molecule has 3 nitrogen and oxygen atoms in total. The zero-order valence-corrected chi connectivity index (χ0v) is 6.60. The lowest BCUT2D eigenvalue weighted by molar-refractivity contribution is 0.147. The Hall–Kier alpha value is -1.30. The van der Waals surface area contributed by atoms with E-state index in [1.54, 1.807) is 0 Å². The molecule has 0 aliphatic carbocycles. The second-order valence-corrected chi connectivity index (χ2v) is 2.39. The van der Waals surface area contributed by atoms with Crippen LogP contribution in [0.3, 0.4) is 0 Å². The Bertz CT molecular complexity index is 314. The average Bonchev–Trinajstić information content (AvgIpc) is 2.04. The molecular formula is C7H8F3N3. The lowest BCUT2D eigenvalue weighted by Crippen LogP contribution is -2.08. The summed E-state index contributed by atoms with van der Waals surface area (Å²) in [6.45, 7) is -0.230. The van der Waals surface area contributed by atoms with Crippen LogP contribution in [0, 0.1) is 5.82 Å². The van der Waals surface area contributed by atoms with Crippen LogP contribution in [0.15, 0.2) is 6.20 Å². The van der Waals surface area contributed by atoms with Gasteiger partial charge in [-0.15, -0.1) is 0 Å². The quantitative estimate of drug-likeness (QED) is 0.738. The second kappa shape index (κ2) is 3.61. The van der Waals surface area contributed by atoms with Crippen LogP contribution in [-0.4, -0.2) is 4.98 Å². The monoisotopic (exact) mass is 191 g/mol. The smallest absolute Gasteiger partial charge is 0.268 e. The number of nitrogens with zero attached hydrogens (tertiary/aromatic N) is 1. The first-order chi connectivity index (χ1) is 6.07. The number of alkyl halides is 2. The molecule has 0 saturated carbocycles. The minimum absolute atomic E-state index is 0.204. The molecule has 0 fully saturated rings. The number of anilines is 1. The summed E-state index contributed by atoms with van der Waals surface area (Å²) in [5.41, 5.74) is 8.82. The Morgan fingerprint density at radius 3 is 2.54 bits per heavy atom. The topological polar surface area (TPSA) is 64.9 Å². The van der Waals surface area contributed by atoms with Crippen molar-refractivity contribution in [2.75, 3.05) is 5.73 Å². The van der Waals surface area contributed by atoms with Gasteiger partial charge in [-0.05, 0) is 0 Å². The maximum absolute atomic E-state index is 13.1. The van der Waals surface area contributed by atoms with Crippen molar-refractivity contribution in [1.29, 1.82) is 0 Å². The first-order valence-electron chi connectivity index (χ1n) is 3.49. The van der Waals surface area contributed by atoms with Crippen LogP contribution in [0.2, 0.25) is 0 Å². The third kappa shape index (κ3) is 1.72. The van der Waals surface area contributed by atoms with Gasteiger partial charge >= 0.3 is 0 Å². The maximum atomic E-state index is 13.1. The standard InChI is InChI=1S/C7H8F3N3/c8-6-4(1-11)13-2-3(12)5(6)7(9)10/h2,7H,1,11-12H2. The van der Waals surface area contributed by atoms with E-state index in [-0.39, 0.29) is 17.9 Å². The molecule has 0 spiro atoms. The number of rotatable bonds is 2. The minimum atomic E-state index is -2.95. The third-order valence-electron chi connectivity index (χ3n) is 1.57. The van der Waals surface area contributed by atoms with E-state index in [0.29, 0.717) is 0 Å². The number of hydrogen-bond acceptors (Lipinski definition) is 3. The highest BCUT2D eigenvalue weighted by molar-refractivity contribution is 5.47. The highest BCUT2D eigenvalue weighted by atomic mass is 19.3. The Morgan fingerprint density at radius 1 is 1.46 bits per heavy atom.